The van der Waals surface area contributed by atoms with Gasteiger partial charge in [0.05, 0.1) is 16.1 Å². The summed E-state index contributed by atoms with van der Waals surface area (Å²) in [6.45, 7) is 1.76. The zero-order valence-corrected chi connectivity index (χ0v) is 13.4. The molecule has 0 radical (unpaired) electrons. The summed E-state index contributed by atoms with van der Waals surface area (Å²) in [6, 6.07) is 13.0. The Morgan fingerprint density at radius 3 is 2.68 bits per heavy atom. The van der Waals surface area contributed by atoms with E-state index in [9.17, 15) is 14.9 Å². The van der Waals surface area contributed by atoms with Crippen molar-refractivity contribution in [3.63, 3.8) is 0 Å². The molecule has 0 aliphatic rings. The average Bonchev–Trinajstić information content (AvgIpc) is 2.63. The van der Waals surface area contributed by atoms with Crippen LogP contribution in [0.15, 0.2) is 54.7 Å². The zero-order chi connectivity index (χ0) is 17.8. The van der Waals surface area contributed by atoms with Gasteiger partial charge in [-0.05, 0) is 42.8 Å². The van der Waals surface area contributed by atoms with Gasteiger partial charge >= 0.3 is 0 Å². The molecule has 0 atom stereocenters. The van der Waals surface area contributed by atoms with Gasteiger partial charge in [0.1, 0.15) is 5.75 Å². The fourth-order valence-corrected chi connectivity index (χ4v) is 2.42. The van der Waals surface area contributed by atoms with E-state index in [4.69, 9.17) is 4.74 Å². The molecule has 1 N–H and O–H groups in total. The summed E-state index contributed by atoms with van der Waals surface area (Å²) >= 11 is 0. The molecule has 0 saturated carbocycles. The molecular formula is C18H15N3O4. The molecule has 1 amide bonds. The van der Waals surface area contributed by atoms with Crippen molar-refractivity contribution in [2.45, 2.75) is 6.92 Å². The van der Waals surface area contributed by atoms with E-state index in [2.05, 4.69) is 10.3 Å². The van der Waals surface area contributed by atoms with Gasteiger partial charge < -0.3 is 10.1 Å². The number of carbonyl (C=O) groups is 1. The smallest absolute Gasteiger partial charge is 0.269 e. The van der Waals surface area contributed by atoms with Crippen molar-refractivity contribution in [2.75, 3.05) is 11.9 Å². The summed E-state index contributed by atoms with van der Waals surface area (Å²) in [4.78, 5) is 26.6. The van der Waals surface area contributed by atoms with Gasteiger partial charge in [-0.1, -0.05) is 6.07 Å². The molecule has 7 nitrogen and oxygen atoms in total. The number of rotatable bonds is 5. The molecule has 3 aromatic rings. The summed E-state index contributed by atoms with van der Waals surface area (Å²) in [5.74, 6) is 0.0588. The molecule has 0 fully saturated rings. The van der Waals surface area contributed by atoms with Gasteiger partial charge in [-0.15, -0.1) is 0 Å². The van der Waals surface area contributed by atoms with Gasteiger partial charge in [0, 0.05) is 23.7 Å². The first-order valence-electron chi connectivity index (χ1n) is 7.56. The highest BCUT2D eigenvalue weighted by Crippen LogP contribution is 2.24. The maximum atomic E-state index is 12.1. The Kier molecular flexibility index (Phi) is 4.56. The van der Waals surface area contributed by atoms with Crippen LogP contribution in [0.25, 0.3) is 10.9 Å². The van der Waals surface area contributed by atoms with Crippen molar-refractivity contribution in [3.05, 3.63) is 70.4 Å². The van der Waals surface area contributed by atoms with Gasteiger partial charge in [0.2, 0.25) is 0 Å². The quantitative estimate of drug-likeness (QED) is 0.568. The van der Waals surface area contributed by atoms with E-state index in [0.717, 1.165) is 16.5 Å². The number of pyridine rings is 1. The third kappa shape index (κ3) is 3.72. The van der Waals surface area contributed by atoms with Crippen LogP contribution in [-0.4, -0.2) is 22.4 Å². The maximum Gasteiger partial charge on any atom is 0.269 e. The van der Waals surface area contributed by atoms with E-state index in [0.29, 0.717) is 11.4 Å². The molecule has 126 valence electrons. The topological polar surface area (TPSA) is 94.4 Å². The molecule has 0 saturated heterocycles. The lowest BCUT2D eigenvalue weighted by Gasteiger charge is -2.10. The van der Waals surface area contributed by atoms with Gasteiger partial charge in [0.15, 0.2) is 6.61 Å². The molecule has 0 aliphatic carbocycles. The number of nitro groups is 1. The second-order valence-corrected chi connectivity index (χ2v) is 5.42. The number of hydrogen-bond donors (Lipinski definition) is 1. The Balaban J connectivity index is 1.67. The van der Waals surface area contributed by atoms with Gasteiger partial charge in [-0.2, -0.15) is 0 Å². The van der Waals surface area contributed by atoms with Crippen LogP contribution in [0.4, 0.5) is 11.4 Å². The molecule has 25 heavy (non-hydrogen) atoms. The minimum absolute atomic E-state index is 0.0320. The number of nitrogens with one attached hydrogen (secondary N) is 1. The Bertz CT molecular complexity index is 939. The molecule has 0 unspecified atom stereocenters. The summed E-state index contributed by atoms with van der Waals surface area (Å²) in [5, 5.41) is 14.3. The number of fused-ring (bicyclic) bond motifs is 1. The average molecular weight is 337 g/mol. The Morgan fingerprint density at radius 1 is 1.20 bits per heavy atom. The first-order valence-corrected chi connectivity index (χ1v) is 7.56. The first-order chi connectivity index (χ1) is 12.0. The number of ether oxygens (including phenoxy) is 1. The largest absolute Gasteiger partial charge is 0.484 e. The molecule has 1 heterocycles. The number of nitrogens with zero attached hydrogens (tertiary/aromatic N) is 2. The van der Waals surface area contributed by atoms with Crippen LogP contribution in [0.1, 0.15) is 5.56 Å². The Morgan fingerprint density at radius 2 is 1.96 bits per heavy atom. The van der Waals surface area contributed by atoms with Crippen LogP contribution in [0.2, 0.25) is 0 Å². The van der Waals surface area contributed by atoms with Crippen molar-refractivity contribution >= 4 is 28.2 Å². The molecule has 7 heteroatoms. The highest BCUT2D eigenvalue weighted by Gasteiger charge is 2.09. The van der Waals surface area contributed by atoms with Crippen molar-refractivity contribution in [1.29, 1.82) is 0 Å². The number of non-ortho nitro benzene ring substituents is 1. The molecule has 1 aromatic heterocycles. The number of amides is 1. The number of carbonyl (C=O) groups excluding carboxylic acids is 1. The first kappa shape index (κ1) is 16.4. The van der Waals surface area contributed by atoms with Gasteiger partial charge in [-0.25, -0.2) is 0 Å². The minimum atomic E-state index is -0.493. The van der Waals surface area contributed by atoms with E-state index in [1.807, 2.05) is 31.2 Å². The lowest BCUT2D eigenvalue weighted by molar-refractivity contribution is -0.384. The number of nitro benzene ring substituents is 1. The Labute approximate surface area is 143 Å². The van der Waals surface area contributed by atoms with Crippen LogP contribution in [-0.2, 0) is 4.79 Å². The number of hydrogen-bond acceptors (Lipinski definition) is 5. The van der Waals surface area contributed by atoms with Crippen molar-refractivity contribution in [1.82, 2.24) is 4.98 Å². The standard InChI is InChI=1S/C18H15N3O4/c1-12-4-9-16(15-3-2-10-19-18(12)15)20-17(22)11-25-14-7-5-13(6-8-14)21(23)24/h2-10H,11H2,1H3,(H,20,22). The SMILES string of the molecule is Cc1ccc(NC(=O)COc2ccc([N+](=O)[O-])cc2)c2cccnc12. The molecular weight excluding hydrogens is 322 g/mol. The van der Waals surface area contributed by atoms with Crippen LogP contribution in [0.3, 0.4) is 0 Å². The van der Waals surface area contributed by atoms with Crippen molar-refractivity contribution in [2.24, 2.45) is 0 Å². The normalized spacial score (nSPS) is 10.4. The van der Waals surface area contributed by atoms with Gasteiger partial charge in [-0.3, -0.25) is 19.9 Å². The molecule has 3 rings (SSSR count). The molecule has 0 aliphatic heterocycles. The number of aryl methyl sites for hydroxylation is 1. The fraction of sp³-hybridized carbons (Fsp3) is 0.111. The van der Waals surface area contributed by atoms with Crippen LogP contribution in [0, 0.1) is 17.0 Å². The lowest BCUT2D eigenvalue weighted by Crippen LogP contribution is -2.20. The predicted octanol–water partition coefficient (Wildman–Crippen LogP) is 3.47. The number of anilines is 1. The highest BCUT2D eigenvalue weighted by atomic mass is 16.6. The van der Waals surface area contributed by atoms with Crippen molar-refractivity contribution < 1.29 is 14.5 Å². The summed E-state index contributed by atoms with van der Waals surface area (Å²) in [6.07, 6.45) is 1.71. The van der Waals surface area contributed by atoms with Gasteiger partial charge in [0.25, 0.3) is 11.6 Å². The van der Waals surface area contributed by atoms with E-state index in [1.165, 1.54) is 24.3 Å². The van der Waals surface area contributed by atoms with Crippen LogP contribution in [0.5, 0.6) is 5.75 Å². The van der Waals surface area contributed by atoms with Crippen LogP contribution < -0.4 is 10.1 Å². The fourth-order valence-electron chi connectivity index (χ4n) is 2.42. The van der Waals surface area contributed by atoms with Crippen LogP contribution >= 0.6 is 0 Å². The second kappa shape index (κ2) is 6.96. The summed E-state index contributed by atoms with van der Waals surface area (Å²) in [7, 11) is 0. The monoisotopic (exact) mass is 337 g/mol. The Hall–Kier alpha value is -3.48. The van der Waals surface area contributed by atoms with E-state index >= 15 is 0 Å². The second-order valence-electron chi connectivity index (χ2n) is 5.42. The molecule has 0 bridgehead atoms. The van der Waals surface area contributed by atoms with E-state index < -0.39 is 4.92 Å². The van der Waals surface area contributed by atoms with E-state index in [-0.39, 0.29) is 18.2 Å². The number of benzene rings is 2. The van der Waals surface area contributed by atoms with E-state index in [1.54, 1.807) is 6.20 Å². The summed E-state index contributed by atoms with van der Waals surface area (Å²) < 4.78 is 5.36. The minimum Gasteiger partial charge on any atom is -0.484 e. The van der Waals surface area contributed by atoms with Crippen molar-refractivity contribution in [3.8, 4) is 5.75 Å². The molecule has 2 aromatic carbocycles. The maximum absolute atomic E-state index is 12.1. The third-order valence-electron chi connectivity index (χ3n) is 3.66. The zero-order valence-electron chi connectivity index (χ0n) is 13.4. The predicted molar refractivity (Wildman–Crippen MR) is 93.7 cm³/mol. The third-order valence-corrected chi connectivity index (χ3v) is 3.66. The lowest BCUT2D eigenvalue weighted by atomic mass is 10.1. The molecule has 0 spiro atoms. The highest BCUT2D eigenvalue weighted by molar-refractivity contribution is 6.02. The number of aromatic nitrogens is 1. The summed E-state index contributed by atoms with van der Waals surface area (Å²) in [5.41, 5.74) is 2.48.